The van der Waals surface area contributed by atoms with Gasteiger partial charge in [-0.1, -0.05) is 13.8 Å². The van der Waals surface area contributed by atoms with Crippen LogP contribution in [-0.2, 0) is 0 Å². The third-order valence-electron chi connectivity index (χ3n) is 3.14. The van der Waals surface area contributed by atoms with Crippen molar-refractivity contribution >= 4 is 11.4 Å². The van der Waals surface area contributed by atoms with Crippen LogP contribution < -0.4 is 11.1 Å². The number of hydrogen-bond acceptors (Lipinski definition) is 3. The number of likely N-dealkylation sites (N-methyl/N-ethyl adjacent to an activating group) is 1. The molecule has 0 aliphatic heterocycles. The molecule has 1 rings (SSSR count). The van der Waals surface area contributed by atoms with Gasteiger partial charge in [-0.05, 0) is 38.2 Å². The normalized spacial score (nSPS) is 13.0. The Hall–Kier alpha value is -1.36. The molecule has 1 aromatic carbocycles. The van der Waals surface area contributed by atoms with Crippen molar-refractivity contribution in [3.05, 3.63) is 23.8 Å². The van der Waals surface area contributed by atoms with Crippen LogP contribution in [0.25, 0.3) is 0 Å². The summed E-state index contributed by atoms with van der Waals surface area (Å²) in [7, 11) is 0. The molecule has 0 aromatic heterocycles. The number of nitrogens with zero attached hydrogens (tertiary/aromatic N) is 1. The lowest BCUT2D eigenvalue weighted by Crippen LogP contribution is -2.34. The van der Waals surface area contributed by atoms with Crippen molar-refractivity contribution < 1.29 is 8.78 Å². The summed E-state index contributed by atoms with van der Waals surface area (Å²) in [6.07, 6.45) is -2.52. The highest BCUT2D eigenvalue weighted by molar-refractivity contribution is 5.59. The minimum atomic E-state index is -2.52. The van der Waals surface area contributed by atoms with E-state index in [-0.39, 0.29) is 11.6 Å². The van der Waals surface area contributed by atoms with Crippen molar-refractivity contribution in [2.75, 3.05) is 30.7 Å². The largest absolute Gasteiger partial charge is 0.399 e. The lowest BCUT2D eigenvalue weighted by molar-refractivity contribution is 0.152. The van der Waals surface area contributed by atoms with E-state index >= 15 is 0 Å². The number of anilines is 2. The highest BCUT2D eigenvalue weighted by Crippen LogP contribution is 2.29. The van der Waals surface area contributed by atoms with Gasteiger partial charge in [0.15, 0.2) is 0 Å². The Morgan fingerprint density at radius 1 is 1.26 bits per heavy atom. The number of halogens is 2. The van der Waals surface area contributed by atoms with Gasteiger partial charge in [-0.2, -0.15) is 0 Å². The van der Waals surface area contributed by atoms with Crippen LogP contribution in [0.4, 0.5) is 20.2 Å². The van der Waals surface area contributed by atoms with Crippen LogP contribution in [0.2, 0.25) is 0 Å². The molecular weight excluding hydrogens is 248 g/mol. The Balaban J connectivity index is 2.76. The molecule has 0 aliphatic carbocycles. The second-order valence-electron chi connectivity index (χ2n) is 4.68. The fourth-order valence-corrected chi connectivity index (χ4v) is 2.07. The molecule has 1 unspecified atom stereocenters. The van der Waals surface area contributed by atoms with Crippen molar-refractivity contribution in [2.45, 2.75) is 33.2 Å². The minimum Gasteiger partial charge on any atom is -0.399 e. The molecule has 0 heterocycles. The van der Waals surface area contributed by atoms with Gasteiger partial charge in [-0.15, -0.1) is 0 Å². The first kappa shape index (κ1) is 15.7. The van der Waals surface area contributed by atoms with E-state index in [1.165, 1.54) is 6.07 Å². The van der Waals surface area contributed by atoms with Crippen molar-refractivity contribution in [3.63, 3.8) is 0 Å². The second kappa shape index (κ2) is 7.28. The molecule has 0 aliphatic rings. The second-order valence-corrected chi connectivity index (χ2v) is 4.68. The summed E-state index contributed by atoms with van der Waals surface area (Å²) in [5.41, 5.74) is 6.34. The predicted molar refractivity (Wildman–Crippen MR) is 76.7 cm³/mol. The fraction of sp³-hybridized carbons (Fsp3) is 0.571. The molecule has 5 heteroatoms. The first-order chi connectivity index (χ1) is 8.97. The van der Waals surface area contributed by atoms with Crippen LogP contribution in [0.1, 0.15) is 32.8 Å². The van der Waals surface area contributed by atoms with Crippen LogP contribution in [-0.4, -0.2) is 30.6 Å². The number of benzene rings is 1. The highest BCUT2D eigenvalue weighted by Gasteiger charge is 2.15. The Morgan fingerprint density at radius 2 is 1.89 bits per heavy atom. The molecule has 0 amide bonds. The van der Waals surface area contributed by atoms with Gasteiger partial charge < -0.3 is 16.0 Å². The molecule has 0 fully saturated rings. The van der Waals surface area contributed by atoms with E-state index in [9.17, 15) is 8.78 Å². The zero-order chi connectivity index (χ0) is 14.4. The molecule has 3 N–H and O–H groups in total. The molecule has 1 aromatic rings. The SMILES string of the molecule is CCN(CC)CC(C)Nc1ccc(N)cc1C(F)F. The first-order valence-corrected chi connectivity index (χ1v) is 6.64. The van der Waals surface area contributed by atoms with E-state index in [1.807, 2.05) is 6.92 Å². The molecular formula is C14H23F2N3. The van der Waals surface area contributed by atoms with E-state index in [2.05, 4.69) is 24.1 Å². The van der Waals surface area contributed by atoms with Gasteiger partial charge >= 0.3 is 0 Å². The summed E-state index contributed by atoms with van der Waals surface area (Å²) in [6, 6.07) is 4.69. The van der Waals surface area contributed by atoms with E-state index < -0.39 is 6.43 Å². The summed E-state index contributed by atoms with van der Waals surface area (Å²) >= 11 is 0. The molecule has 1 atom stereocenters. The summed E-state index contributed by atoms with van der Waals surface area (Å²) in [5, 5.41) is 3.14. The number of nitrogen functional groups attached to an aromatic ring is 1. The fourth-order valence-electron chi connectivity index (χ4n) is 2.07. The van der Waals surface area contributed by atoms with Gasteiger partial charge in [0.05, 0.1) is 0 Å². The molecule has 0 radical (unpaired) electrons. The Labute approximate surface area is 113 Å². The number of rotatable bonds is 7. The third-order valence-corrected chi connectivity index (χ3v) is 3.14. The Bertz CT molecular complexity index is 392. The summed E-state index contributed by atoms with van der Waals surface area (Å²) in [6.45, 7) is 8.88. The van der Waals surface area contributed by atoms with Crippen molar-refractivity contribution in [1.82, 2.24) is 4.90 Å². The molecule has 3 nitrogen and oxygen atoms in total. The maximum atomic E-state index is 12.9. The van der Waals surface area contributed by atoms with Crippen LogP contribution in [0.3, 0.4) is 0 Å². The monoisotopic (exact) mass is 271 g/mol. The minimum absolute atomic E-state index is 0.0357. The number of alkyl halides is 2. The van der Waals surface area contributed by atoms with Crippen molar-refractivity contribution in [3.8, 4) is 0 Å². The van der Waals surface area contributed by atoms with Crippen LogP contribution in [0, 0.1) is 0 Å². The summed E-state index contributed by atoms with van der Waals surface area (Å²) in [5.74, 6) is 0. The summed E-state index contributed by atoms with van der Waals surface area (Å²) < 4.78 is 25.9. The quantitative estimate of drug-likeness (QED) is 0.747. The lowest BCUT2D eigenvalue weighted by Gasteiger charge is -2.25. The van der Waals surface area contributed by atoms with Gasteiger partial charge in [0.1, 0.15) is 0 Å². The molecule has 0 spiro atoms. The zero-order valence-corrected chi connectivity index (χ0v) is 11.8. The highest BCUT2D eigenvalue weighted by atomic mass is 19.3. The van der Waals surface area contributed by atoms with E-state index in [4.69, 9.17) is 5.73 Å². The van der Waals surface area contributed by atoms with Gasteiger partial charge in [0.2, 0.25) is 0 Å². The number of nitrogens with two attached hydrogens (primary N) is 1. The molecule has 108 valence electrons. The van der Waals surface area contributed by atoms with Gasteiger partial charge in [0, 0.05) is 29.5 Å². The van der Waals surface area contributed by atoms with Crippen molar-refractivity contribution in [2.24, 2.45) is 0 Å². The van der Waals surface area contributed by atoms with Crippen LogP contribution in [0.5, 0.6) is 0 Å². The number of hydrogen-bond donors (Lipinski definition) is 2. The molecule has 0 saturated heterocycles. The average Bonchev–Trinajstić information content (AvgIpc) is 2.37. The Morgan fingerprint density at radius 3 is 2.42 bits per heavy atom. The maximum Gasteiger partial charge on any atom is 0.265 e. The Kier molecular flexibility index (Phi) is 6.02. The third kappa shape index (κ3) is 4.67. The zero-order valence-electron chi connectivity index (χ0n) is 11.8. The smallest absolute Gasteiger partial charge is 0.265 e. The topological polar surface area (TPSA) is 41.3 Å². The van der Waals surface area contributed by atoms with E-state index in [0.29, 0.717) is 11.4 Å². The molecule has 0 saturated carbocycles. The van der Waals surface area contributed by atoms with Gasteiger partial charge in [-0.3, -0.25) is 0 Å². The van der Waals surface area contributed by atoms with Crippen molar-refractivity contribution in [1.29, 1.82) is 0 Å². The van der Waals surface area contributed by atoms with Crippen LogP contribution in [0.15, 0.2) is 18.2 Å². The van der Waals surface area contributed by atoms with E-state index in [1.54, 1.807) is 12.1 Å². The summed E-state index contributed by atoms with van der Waals surface area (Å²) in [4.78, 5) is 2.25. The van der Waals surface area contributed by atoms with E-state index in [0.717, 1.165) is 19.6 Å². The first-order valence-electron chi connectivity index (χ1n) is 6.64. The predicted octanol–water partition coefficient (Wildman–Crippen LogP) is 3.35. The maximum absolute atomic E-state index is 12.9. The molecule has 0 bridgehead atoms. The number of nitrogens with one attached hydrogen (secondary N) is 1. The average molecular weight is 271 g/mol. The van der Waals surface area contributed by atoms with Crippen LogP contribution >= 0.6 is 0 Å². The van der Waals surface area contributed by atoms with Gasteiger partial charge in [0.25, 0.3) is 6.43 Å². The van der Waals surface area contributed by atoms with Gasteiger partial charge in [-0.25, -0.2) is 8.78 Å². The standard InChI is InChI=1S/C14H23F2N3/c1-4-19(5-2)9-10(3)18-13-7-6-11(17)8-12(13)14(15)16/h6-8,10,14,18H,4-5,9,17H2,1-3H3. The lowest BCUT2D eigenvalue weighted by atomic mass is 10.1. The molecule has 19 heavy (non-hydrogen) atoms.